The third-order valence-corrected chi connectivity index (χ3v) is 15.1. The topological polar surface area (TPSA) is 300 Å². The molecule has 2 aliphatic rings. The molecule has 0 aromatic heterocycles. The Morgan fingerprint density at radius 1 is 0.308 bits per heavy atom. The van der Waals surface area contributed by atoms with Crippen molar-refractivity contribution in [1.82, 2.24) is 39.2 Å². The highest BCUT2D eigenvalue weighted by Crippen LogP contribution is 2.22. The van der Waals surface area contributed by atoms with Crippen LogP contribution < -0.4 is 0 Å². The fourth-order valence-electron chi connectivity index (χ4n) is 11.0. The summed E-state index contributed by atoms with van der Waals surface area (Å²) in [5, 5.41) is 9.52. The molecule has 2 fully saturated rings. The molecule has 1 aromatic carbocycles. The van der Waals surface area contributed by atoms with Gasteiger partial charge in [0.2, 0.25) is 0 Å². The first-order chi connectivity index (χ1) is 49.0. The molecule has 2 heterocycles. The van der Waals surface area contributed by atoms with Crippen molar-refractivity contribution in [3.05, 3.63) is 35.9 Å². The molecule has 1 aromatic rings. The Balaban J connectivity index is 0.00000106. The normalized spacial score (nSPS) is 17.3. The minimum Gasteiger partial charge on any atom is -0.481 e. The van der Waals surface area contributed by atoms with Crippen LogP contribution in [0.4, 0.5) is 0 Å². The number of hydrogen-bond donors (Lipinski definition) is 1. The number of benzene rings is 1. The molecule has 0 unspecified atom stereocenters. The van der Waals surface area contributed by atoms with E-state index >= 15 is 0 Å². The van der Waals surface area contributed by atoms with Gasteiger partial charge in [0.1, 0.15) is 63.5 Å². The standard InChI is InChI=1S/C42H70N4O10.C35H64N4O10.C2H6/c1-39(2,3)53-35(48)28-43-20-22-44(29-36(49)54-40(4,5)6)24-26-46(27-25-45(23-21-43)30-37(50)55-41(7,8)9)33(38(51)56-42(10,11)12)18-19-34(47)52-31-32-16-14-13-15-17-32;1-32(2,3)46-28(42)23-36-15-17-37(24-29(43)47-33(4,5)6)19-21-39(26(13-14-27(40)41)31(45)49-35(10,11)12)22-20-38(18-16-36)25-30(44)48-34(7,8)9;1-2/h13-17,33H,18-31H2,1-12H3;26H,13-25H2,1-12H3,(H,40,41);1-2H3/t33-;26-;/m11./s1. The summed E-state index contributed by atoms with van der Waals surface area (Å²) in [6.07, 6.45) is -0.129. The third kappa shape index (κ3) is 50.8. The number of rotatable bonds is 24. The van der Waals surface area contributed by atoms with Gasteiger partial charge in [-0.05, 0) is 185 Å². The van der Waals surface area contributed by atoms with E-state index in [1.165, 1.54) is 0 Å². The van der Waals surface area contributed by atoms with Crippen LogP contribution in [0.5, 0.6) is 0 Å². The highest BCUT2D eigenvalue weighted by molar-refractivity contribution is 5.79. The number of hydrogen-bond acceptors (Lipinski definition) is 27. The number of esters is 9. The van der Waals surface area contributed by atoms with E-state index in [0.717, 1.165) is 5.56 Å². The van der Waals surface area contributed by atoms with Gasteiger partial charge in [-0.3, -0.25) is 87.1 Å². The number of carboxylic acid groups (broad SMARTS) is 1. The summed E-state index contributed by atoms with van der Waals surface area (Å²) < 4.78 is 51.0. The van der Waals surface area contributed by atoms with Crippen molar-refractivity contribution in [3.8, 4) is 0 Å². The van der Waals surface area contributed by atoms with Crippen molar-refractivity contribution < 1.29 is 95.7 Å². The van der Waals surface area contributed by atoms with Crippen molar-refractivity contribution in [2.75, 3.05) is 144 Å². The lowest BCUT2D eigenvalue weighted by Crippen LogP contribution is -2.53. The second-order valence-corrected chi connectivity index (χ2v) is 35.0. The Hall–Kier alpha value is -6.40. The molecular weight excluding hydrogens is 1380 g/mol. The van der Waals surface area contributed by atoms with E-state index in [9.17, 15) is 53.1 Å². The molecule has 2 atom stereocenters. The Bertz CT molecular complexity index is 2800. The van der Waals surface area contributed by atoms with Crippen LogP contribution in [0.1, 0.15) is 211 Å². The quantitative estimate of drug-likeness (QED) is 0.0751. The molecule has 2 saturated heterocycles. The molecule has 28 heteroatoms. The number of nitrogens with zero attached hydrogens (tertiary/aromatic N) is 8. The zero-order valence-electron chi connectivity index (χ0n) is 70.4. The van der Waals surface area contributed by atoms with Gasteiger partial charge in [-0.25, -0.2) is 0 Å². The molecule has 1 N–H and O–H groups in total. The smallest absolute Gasteiger partial charge is 0.323 e. The van der Waals surface area contributed by atoms with E-state index in [0.29, 0.717) is 105 Å². The highest BCUT2D eigenvalue weighted by atomic mass is 16.6. The van der Waals surface area contributed by atoms with Crippen LogP contribution in [0.25, 0.3) is 0 Å². The molecule has 0 aliphatic carbocycles. The zero-order valence-corrected chi connectivity index (χ0v) is 70.4. The lowest BCUT2D eigenvalue weighted by molar-refractivity contribution is -0.164. The van der Waals surface area contributed by atoms with Crippen LogP contribution in [0.3, 0.4) is 0 Å². The van der Waals surface area contributed by atoms with Crippen LogP contribution in [0.2, 0.25) is 0 Å². The number of carbonyl (C=O) groups is 10. The molecule has 3 rings (SSSR count). The van der Waals surface area contributed by atoms with Gasteiger partial charge in [0, 0.05) is 118 Å². The Morgan fingerprint density at radius 3 is 0.720 bits per heavy atom. The highest BCUT2D eigenvalue weighted by Gasteiger charge is 2.36. The minimum atomic E-state index is -1.04. The van der Waals surface area contributed by atoms with Gasteiger partial charge in [0.05, 0.1) is 39.3 Å². The van der Waals surface area contributed by atoms with Crippen LogP contribution >= 0.6 is 0 Å². The summed E-state index contributed by atoms with van der Waals surface area (Å²) in [6, 6.07) is 7.65. The molecule has 107 heavy (non-hydrogen) atoms. The maximum absolute atomic E-state index is 14.0. The maximum Gasteiger partial charge on any atom is 0.323 e. The van der Waals surface area contributed by atoms with Gasteiger partial charge in [-0.1, -0.05) is 44.2 Å². The van der Waals surface area contributed by atoms with Gasteiger partial charge >= 0.3 is 59.7 Å². The van der Waals surface area contributed by atoms with E-state index < -0.39 is 105 Å². The fourth-order valence-corrected chi connectivity index (χ4v) is 11.0. The second kappa shape index (κ2) is 45.7. The Kier molecular flexibility index (Phi) is 42.1. The zero-order chi connectivity index (χ0) is 82.1. The summed E-state index contributed by atoms with van der Waals surface area (Å²) in [7, 11) is 0. The predicted molar refractivity (Wildman–Crippen MR) is 410 cm³/mol. The van der Waals surface area contributed by atoms with E-state index in [1.54, 1.807) is 104 Å². The lowest BCUT2D eigenvalue weighted by atomic mass is 10.1. The SMILES string of the molecule is CC.CC(C)(C)OC(=O)CN1CCN(CC(=O)OC(C)(C)C)CCN([C@H](CCC(=O)O)C(=O)OC(C)(C)C)CCN(CC(=O)OC(C)(C)C)CC1.CC(C)(C)OC(=O)CN1CCN(CC(=O)OC(C)(C)C)CCN([C@H](CCC(=O)OCc2ccccc2)C(=O)OC(C)(C)C)CCN(CC(=O)OC(C)(C)C)CC1. The number of carbonyl (C=O) groups excluding carboxylic acids is 9. The molecule has 0 saturated carbocycles. The van der Waals surface area contributed by atoms with Crippen molar-refractivity contribution >= 4 is 59.7 Å². The Labute approximate surface area is 641 Å². The summed E-state index contributed by atoms with van der Waals surface area (Å²) >= 11 is 0. The van der Waals surface area contributed by atoms with E-state index in [4.69, 9.17) is 42.6 Å². The van der Waals surface area contributed by atoms with Crippen LogP contribution in [0.15, 0.2) is 30.3 Å². The minimum absolute atomic E-state index is 0.0137. The van der Waals surface area contributed by atoms with Crippen LogP contribution in [0, 0.1) is 0 Å². The number of aliphatic carboxylic acids is 1. The largest absolute Gasteiger partial charge is 0.481 e. The van der Waals surface area contributed by atoms with E-state index in [-0.39, 0.29) is 83.5 Å². The predicted octanol–water partition coefficient (Wildman–Crippen LogP) is 8.30. The molecule has 28 nitrogen and oxygen atoms in total. The maximum atomic E-state index is 14.0. The van der Waals surface area contributed by atoms with Gasteiger partial charge in [0.25, 0.3) is 0 Å². The van der Waals surface area contributed by atoms with Gasteiger partial charge in [-0.2, -0.15) is 0 Å². The second-order valence-electron chi connectivity index (χ2n) is 35.0. The first-order valence-corrected chi connectivity index (χ1v) is 38.0. The molecule has 0 amide bonds. The molecular formula is C79H140N8O20. The first kappa shape index (κ1) is 98.6. The molecule has 0 bridgehead atoms. The average Bonchev–Trinajstić information content (AvgIpc) is 0.850. The summed E-state index contributed by atoms with van der Waals surface area (Å²) in [5.74, 6) is -4.90. The van der Waals surface area contributed by atoms with Crippen molar-refractivity contribution in [3.63, 3.8) is 0 Å². The first-order valence-electron chi connectivity index (χ1n) is 38.0. The number of carboxylic acids is 1. The third-order valence-electron chi connectivity index (χ3n) is 15.1. The van der Waals surface area contributed by atoms with Crippen LogP contribution in [-0.4, -0.2) is 305 Å². The van der Waals surface area contributed by atoms with E-state index in [1.807, 2.05) is 146 Å². The Morgan fingerprint density at radius 2 is 0.514 bits per heavy atom. The van der Waals surface area contributed by atoms with Gasteiger partial charge < -0.3 is 47.7 Å². The summed E-state index contributed by atoms with van der Waals surface area (Å²) in [4.78, 5) is 146. The molecule has 2 aliphatic heterocycles. The summed E-state index contributed by atoms with van der Waals surface area (Å²) in [6.45, 7) is 52.9. The summed E-state index contributed by atoms with van der Waals surface area (Å²) in [5.41, 5.74) is -4.81. The molecule has 0 radical (unpaired) electrons. The van der Waals surface area contributed by atoms with E-state index in [2.05, 4.69) is 0 Å². The molecule has 616 valence electrons. The number of ether oxygens (including phenoxy) is 9. The van der Waals surface area contributed by atoms with Crippen molar-refractivity contribution in [1.29, 1.82) is 0 Å². The average molecular weight is 1520 g/mol. The lowest BCUT2D eigenvalue weighted by Gasteiger charge is -2.37. The van der Waals surface area contributed by atoms with Crippen molar-refractivity contribution in [2.24, 2.45) is 0 Å². The molecule has 0 spiro atoms. The van der Waals surface area contributed by atoms with Crippen molar-refractivity contribution in [2.45, 2.75) is 269 Å². The van der Waals surface area contributed by atoms with Gasteiger partial charge in [0.15, 0.2) is 0 Å². The van der Waals surface area contributed by atoms with Crippen LogP contribution in [-0.2, 0) is 97.2 Å². The monoisotopic (exact) mass is 1520 g/mol. The van der Waals surface area contributed by atoms with Gasteiger partial charge in [-0.15, -0.1) is 0 Å². The fraction of sp³-hybridized carbons (Fsp3) is 0.797.